The zero-order valence-electron chi connectivity index (χ0n) is 15.4. The lowest BCUT2D eigenvalue weighted by Gasteiger charge is -2.46. The molecule has 1 saturated heterocycles. The molecule has 6 heteroatoms. The number of anilines is 1. The lowest BCUT2D eigenvalue weighted by atomic mass is 9.82. The Morgan fingerprint density at radius 1 is 1.15 bits per heavy atom. The third kappa shape index (κ3) is 2.77. The molecule has 0 aliphatic carbocycles. The van der Waals surface area contributed by atoms with Crippen molar-refractivity contribution in [2.75, 3.05) is 18.4 Å². The molecular weight excluding hydrogens is 338 g/mol. The first-order valence-corrected chi connectivity index (χ1v) is 9.47. The highest BCUT2D eigenvalue weighted by Gasteiger charge is 2.41. The van der Waals surface area contributed by atoms with E-state index in [2.05, 4.69) is 68.4 Å². The van der Waals surface area contributed by atoms with Gasteiger partial charge in [0, 0.05) is 37.6 Å². The fraction of sp³-hybridized carbons (Fsp3) is 0.333. The molecule has 1 fully saturated rings. The summed E-state index contributed by atoms with van der Waals surface area (Å²) in [4.78, 5) is 13.6. The first-order valence-electron chi connectivity index (χ1n) is 9.47. The van der Waals surface area contributed by atoms with Gasteiger partial charge in [-0.2, -0.15) is 5.10 Å². The number of piperidine rings is 1. The van der Waals surface area contributed by atoms with Crippen molar-refractivity contribution in [3.8, 4) is 5.69 Å². The van der Waals surface area contributed by atoms with E-state index in [0.29, 0.717) is 0 Å². The van der Waals surface area contributed by atoms with Gasteiger partial charge in [-0.25, -0.2) is 5.10 Å². The van der Waals surface area contributed by atoms with E-state index in [9.17, 15) is 4.79 Å². The first-order chi connectivity index (χ1) is 13.1. The molecule has 2 aliphatic heterocycles. The van der Waals surface area contributed by atoms with Crippen molar-refractivity contribution in [2.45, 2.75) is 31.8 Å². The van der Waals surface area contributed by atoms with Crippen LogP contribution in [0, 0.1) is 6.92 Å². The summed E-state index contributed by atoms with van der Waals surface area (Å²) in [7, 11) is 0. The van der Waals surface area contributed by atoms with Crippen molar-refractivity contribution < 1.29 is 0 Å². The largest absolute Gasteiger partial charge is 0.372 e. The summed E-state index contributed by atoms with van der Waals surface area (Å²) < 4.78 is 2.34. The minimum Gasteiger partial charge on any atom is -0.372 e. The fourth-order valence-electron chi connectivity index (χ4n) is 4.43. The Bertz CT molecular complexity index is 1020. The Kier molecular flexibility index (Phi) is 3.68. The van der Waals surface area contributed by atoms with Crippen molar-refractivity contribution in [3.63, 3.8) is 0 Å². The van der Waals surface area contributed by atoms with Gasteiger partial charge in [-0.05, 0) is 55.7 Å². The van der Waals surface area contributed by atoms with Gasteiger partial charge in [0.2, 0.25) is 0 Å². The van der Waals surface area contributed by atoms with Crippen LogP contribution >= 0.6 is 0 Å². The molecule has 2 aromatic heterocycles. The summed E-state index contributed by atoms with van der Waals surface area (Å²) >= 11 is 0. The van der Waals surface area contributed by atoms with E-state index in [4.69, 9.17) is 0 Å². The van der Waals surface area contributed by atoms with Crippen LogP contribution in [0.1, 0.15) is 29.8 Å². The number of H-pyrrole nitrogens is 1. The predicted molar refractivity (Wildman–Crippen MR) is 105 cm³/mol. The van der Waals surface area contributed by atoms with Gasteiger partial charge in [0.1, 0.15) is 0 Å². The van der Waals surface area contributed by atoms with Crippen LogP contribution in [-0.4, -0.2) is 32.8 Å². The Labute approximate surface area is 157 Å². The number of fused-ring (bicyclic) bond motifs is 4. The van der Waals surface area contributed by atoms with Crippen LogP contribution in [0.15, 0.2) is 53.5 Å². The Morgan fingerprint density at radius 3 is 2.78 bits per heavy atom. The fourth-order valence-corrected chi connectivity index (χ4v) is 4.43. The maximum absolute atomic E-state index is 11.2. The molecule has 6 nitrogen and oxygen atoms in total. The summed E-state index contributed by atoms with van der Waals surface area (Å²) in [5.41, 5.74) is 5.79. The highest BCUT2D eigenvalue weighted by Crippen LogP contribution is 2.43. The van der Waals surface area contributed by atoms with Crippen LogP contribution in [0.4, 0.5) is 5.69 Å². The van der Waals surface area contributed by atoms with Crippen LogP contribution in [0.5, 0.6) is 0 Å². The lowest BCUT2D eigenvalue weighted by Crippen LogP contribution is -2.49. The Balaban J connectivity index is 1.39. The number of benzene rings is 1. The summed E-state index contributed by atoms with van der Waals surface area (Å²) in [5, 5.41) is 10.5. The second-order valence-electron chi connectivity index (χ2n) is 7.68. The van der Waals surface area contributed by atoms with Gasteiger partial charge in [0.05, 0.1) is 22.6 Å². The summed E-state index contributed by atoms with van der Waals surface area (Å²) in [6.45, 7) is 4.88. The van der Waals surface area contributed by atoms with Gasteiger partial charge in [-0.15, -0.1) is 0 Å². The maximum atomic E-state index is 11.2. The van der Waals surface area contributed by atoms with Crippen LogP contribution in [0.25, 0.3) is 5.69 Å². The Hall–Kier alpha value is -2.86. The summed E-state index contributed by atoms with van der Waals surface area (Å²) in [6.07, 6.45) is 4.24. The number of hydrogen-bond acceptors (Lipinski definition) is 4. The molecule has 1 spiro atoms. The zero-order chi connectivity index (χ0) is 18.4. The normalized spacial score (nSPS) is 18.0. The number of aryl methyl sites for hydroxylation is 1. The number of hydrogen-bond donors (Lipinski definition) is 2. The smallest absolute Gasteiger partial charge is 0.264 e. The third-order valence-electron chi connectivity index (χ3n) is 5.86. The van der Waals surface area contributed by atoms with Gasteiger partial charge in [-0.1, -0.05) is 6.07 Å². The number of aromatic nitrogens is 3. The highest BCUT2D eigenvalue weighted by atomic mass is 16.1. The van der Waals surface area contributed by atoms with Gasteiger partial charge >= 0.3 is 0 Å². The second kappa shape index (κ2) is 6.09. The molecule has 27 heavy (non-hydrogen) atoms. The van der Waals surface area contributed by atoms with E-state index in [1.807, 2.05) is 6.07 Å². The van der Waals surface area contributed by atoms with Crippen LogP contribution in [0.3, 0.4) is 0 Å². The van der Waals surface area contributed by atoms with Gasteiger partial charge in [0.15, 0.2) is 0 Å². The molecule has 0 amide bonds. The van der Waals surface area contributed by atoms with Crippen molar-refractivity contribution >= 4 is 5.69 Å². The quantitative estimate of drug-likeness (QED) is 0.737. The average Bonchev–Trinajstić information content (AvgIpc) is 3.16. The van der Waals surface area contributed by atoms with E-state index in [1.165, 1.54) is 22.6 Å². The van der Waals surface area contributed by atoms with Gasteiger partial charge in [0.25, 0.3) is 5.56 Å². The molecule has 138 valence electrons. The molecule has 0 radical (unpaired) electrons. The van der Waals surface area contributed by atoms with Crippen LogP contribution in [-0.2, 0) is 12.1 Å². The molecule has 5 rings (SSSR count). The van der Waals surface area contributed by atoms with E-state index in [-0.39, 0.29) is 11.1 Å². The Morgan fingerprint density at radius 2 is 2.00 bits per heavy atom. The van der Waals surface area contributed by atoms with E-state index >= 15 is 0 Å². The summed E-state index contributed by atoms with van der Waals surface area (Å²) in [6, 6.07) is 14.4. The molecule has 1 aromatic carbocycles. The predicted octanol–water partition coefficient (Wildman–Crippen LogP) is 2.79. The van der Waals surface area contributed by atoms with Crippen molar-refractivity contribution in [2.24, 2.45) is 0 Å². The molecule has 4 heterocycles. The van der Waals surface area contributed by atoms with E-state index in [0.717, 1.165) is 38.2 Å². The zero-order valence-corrected chi connectivity index (χ0v) is 15.4. The molecule has 2 N–H and O–H groups in total. The van der Waals surface area contributed by atoms with Crippen molar-refractivity contribution in [3.05, 3.63) is 76.0 Å². The van der Waals surface area contributed by atoms with Crippen LogP contribution < -0.4 is 10.9 Å². The lowest BCUT2D eigenvalue weighted by molar-refractivity contribution is 0.160. The first kappa shape index (κ1) is 16.3. The second-order valence-corrected chi connectivity index (χ2v) is 7.68. The molecule has 0 bridgehead atoms. The SMILES string of the molecule is Cc1ccc2c(c1)NC1(CCN(Cc3ccc(=O)[nH]n3)CC1)c1cccn1-2. The average molecular weight is 361 g/mol. The van der Waals surface area contributed by atoms with Crippen molar-refractivity contribution in [1.82, 2.24) is 19.7 Å². The monoisotopic (exact) mass is 361 g/mol. The third-order valence-corrected chi connectivity index (χ3v) is 5.86. The van der Waals surface area contributed by atoms with Crippen LogP contribution in [0.2, 0.25) is 0 Å². The maximum Gasteiger partial charge on any atom is 0.264 e. The number of nitrogens with zero attached hydrogens (tertiary/aromatic N) is 3. The van der Waals surface area contributed by atoms with Crippen molar-refractivity contribution in [1.29, 1.82) is 0 Å². The molecule has 0 atom stereocenters. The number of aromatic amines is 1. The van der Waals surface area contributed by atoms with E-state index < -0.39 is 0 Å². The minimum atomic E-state index is -0.155. The molecule has 0 saturated carbocycles. The molecular formula is C21H23N5O. The number of rotatable bonds is 2. The standard InChI is InChI=1S/C21H23N5O/c1-15-4-6-18-17(13-15)22-21(19-3-2-10-26(18)19)8-11-25(12-9-21)14-16-5-7-20(27)24-23-16/h2-7,10,13,22H,8-9,11-12,14H2,1H3,(H,24,27). The highest BCUT2D eigenvalue weighted by molar-refractivity contribution is 5.68. The number of likely N-dealkylation sites (tertiary alicyclic amines) is 1. The van der Waals surface area contributed by atoms with Gasteiger partial charge < -0.3 is 9.88 Å². The van der Waals surface area contributed by atoms with Gasteiger partial charge in [-0.3, -0.25) is 9.69 Å². The molecule has 3 aromatic rings. The van der Waals surface area contributed by atoms with E-state index in [1.54, 1.807) is 6.07 Å². The summed E-state index contributed by atoms with van der Waals surface area (Å²) in [5.74, 6) is 0. The molecule has 2 aliphatic rings. The topological polar surface area (TPSA) is 66.0 Å². The minimum absolute atomic E-state index is 0.0285. The number of nitrogens with one attached hydrogen (secondary N) is 2. The molecule has 0 unspecified atom stereocenters.